The maximum absolute atomic E-state index is 12.8. The normalized spacial score (nSPS) is 21.6. The Bertz CT molecular complexity index is 543. The second-order valence-electron chi connectivity index (χ2n) is 6.61. The summed E-state index contributed by atoms with van der Waals surface area (Å²) in [6.07, 6.45) is -2.45. The van der Waals surface area contributed by atoms with Gasteiger partial charge in [-0.3, -0.25) is 4.79 Å². The average molecular weight is 343 g/mol. The second kappa shape index (κ2) is 7.88. The van der Waals surface area contributed by atoms with Gasteiger partial charge in [-0.1, -0.05) is 6.42 Å². The first-order valence-electron chi connectivity index (χ1n) is 8.12. The van der Waals surface area contributed by atoms with E-state index in [0.717, 1.165) is 12.1 Å². The third kappa shape index (κ3) is 5.70. The number of anilines is 2. The van der Waals surface area contributed by atoms with Gasteiger partial charge < -0.3 is 15.5 Å². The monoisotopic (exact) mass is 343 g/mol. The largest absolute Gasteiger partial charge is 0.391 e. The molecule has 0 aliphatic heterocycles. The topological polar surface area (TPSA) is 44.4 Å². The molecule has 2 atom stereocenters. The van der Waals surface area contributed by atoms with Gasteiger partial charge >= 0.3 is 6.18 Å². The lowest BCUT2D eigenvalue weighted by molar-refractivity contribution is -0.182. The Morgan fingerprint density at radius 3 is 2.38 bits per heavy atom. The SMILES string of the molecule is CN(C)CC(=O)Nc1ccc(N[C@@H]2CCC[C@@H](C(F)(F)F)C2)cc1. The molecule has 4 nitrogen and oxygen atoms in total. The van der Waals surface area contributed by atoms with Crippen molar-refractivity contribution in [1.29, 1.82) is 0 Å². The lowest BCUT2D eigenvalue weighted by atomic mass is 9.85. The fourth-order valence-corrected chi connectivity index (χ4v) is 2.99. The number of nitrogens with one attached hydrogen (secondary N) is 2. The van der Waals surface area contributed by atoms with Crippen LogP contribution in [0.5, 0.6) is 0 Å². The van der Waals surface area contributed by atoms with Crippen molar-refractivity contribution in [3.63, 3.8) is 0 Å². The van der Waals surface area contributed by atoms with Gasteiger partial charge in [0.25, 0.3) is 0 Å². The maximum atomic E-state index is 12.8. The highest BCUT2D eigenvalue weighted by Gasteiger charge is 2.42. The zero-order chi connectivity index (χ0) is 17.7. The van der Waals surface area contributed by atoms with Crippen LogP contribution in [0.3, 0.4) is 0 Å². The number of nitrogens with zero attached hydrogens (tertiary/aromatic N) is 1. The molecule has 1 aromatic rings. The van der Waals surface area contributed by atoms with E-state index >= 15 is 0 Å². The number of hydrogen-bond donors (Lipinski definition) is 2. The molecule has 2 rings (SSSR count). The summed E-state index contributed by atoms with van der Waals surface area (Å²) in [5.41, 5.74) is 1.44. The number of hydrogen-bond acceptors (Lipinski definition) is 3. The summed E-state index contributed by atoms with van der Waals surface area (Å²) in [6.45, 7) is 0.293. The number of alkyl halides is 3. The summed E-state index contributed by atoms with van der Waals surface area (Å²) >= 11 is 0. The molecular formula is C17H24F3N3O. The van der Waals surface area contributed by atoms with E-state index in [1.165, 1.54) is 0 Å². The van der Waals surface area contributed by atoms with Crippen molar-refractivity contribution in [3.05, 3.63) is 24.3 Å². The quantitative estimate of drug-likeness (QED) is 0.856. The Hall–Kier alpha value is -1.76. The molecule has 1 aliphatic carbocycles. The van der Waals surface area contributed by atoms with Gasteiger partial charge in [0.15, 0.2) is 0 Å². The summed E-state index contributed by atoms with van der Waals surface area (Å²) in [4.78, 5) is 13.4. The van der Waals surface area contributed by atoms with E-state index in [9.17, 15) is 18.0 Å². The number of likely N-dealkylation sites (N-methyl/N-ethyl adjacent to an activating group) is 1. The average Bonchev–Trinajstić information content (AvgIpc) is 2.48. The van der Waals surface area contributed by atoms with E-state index in [4.69, 9.17) is 0 Å². The minimum absolute atomic E-state index is 0.110. The predicted octanol–water partition coefficient (Wildman–Crippen LogP) is 3.72. The Kier molecular flexibility index (Phi) is 6.10. The molecule has 0 bridgehead atoms. The van der Waals surface area contributed by atoms with E-state index in [1.807, 2.05) is 14.1 Å². The fraction of sp³-hybridized carbons (Fsp3) is 0.588. The zero-order valence-corrected chi connectivity index (χ0v) is 14.0. The highest BCUT2D eigenvalue weighted by atomic mass is 19.4. The highest BCUT2D eigenvalue weighted by molar-refractivity contribution is 5.92. The Labute approximate surface area is 140 Å². The Morgan fingerprint density at radius 1 is 1.17 bits per heavy atom. The van der Waals surface area contributed by atoms with Gasteiger partial charge in [-0.15, -0.1) is 0 Å². The molecule has 0 radical (unpaired) electrons. The van der Waals surface area contributed by atoms with Crippen molar-refractivity contribution in [2.45, 2.75) is 37.9 Å². The molecule has 1 amide bonds. The summed E-state index contributed by atoms with van der Waals surface area (Å²) < 4.78 is 38.5. The van der Waals surface area contributed by atoms with Crippen LogP contribution in [-0.2, 0) is 4.79 Å². The van der Waals surface area contributed by atoms with Crippen LogP contribution in [0.1, 0.15) is 25.7 Å². The van der Waals surface area contributed by atoms with Crippen LogP contribution in [0.25, 0.3) is 0 Å². The number of rotatable bonds is 5. The third-order valence-corrected chi connectivity index (χ3v) is 4.14. The molecule has 2 N–H and O–H groups in total. The van der Waals surface area contributed by atoms with Gasteiger partial charge in [-0.2, -0.15) is 13.2 Å². The molecule has 0 saturated heterocycles. The minimum Gasteiger partial charge on any atom is -0.382 e. The van der Waals surface area contributed by atoms with Crippen molar-refractivity contribution in [1.82, 2.24) is 4.90 Å². The van der Waals surface area contributed by atoms with Crippen molar-refractivity contribution >= 4 is 17.3 Å². The maximum Gasteiger partial charge on any atom is 0.391 e. The fourth-order valence-electron chi connectivity index (χ4n) is 2.99. The third-order valence-electron chi connectivity index (χ3n) is 4.14. The molecule has 1 aliphatic rings. The van der Waals surface area contributed by atoms with E-state index in [-0.39, 0.29) is 24.8 Å². The molecule has 1 saturated carbocycles. The van der Waals surface area contributed by atoms with Crippen LogP contribution in [-0.4, -0.2) is 43.7 Å². The molecule has 134 valence electrons. The molecule has 1 fully saturated rings. The standard InChI is InChI=1S/C17H24F3N3O/c1-23(2)11-16(24)22-14-8-6-13(7-9-14)21-15-5-3-4-12(10-15)17(18,19)20/h6-9,12,15,21H,3-5,10-11H2,1-2H3,(H,22,24)/t12-,15-/m1/s1. The number of amides is 1. The van der Waals surface area contributed by atoms with Gasteiger partial charge in [-0.25, -0.2) is 0 Å². The van der Waals surface area contributed by atoms with Crippen molar-refractivity contribution in [3.8, 4) is 0 Å². The van der Waals surface area contributed by atoms with Crippen molar-refractivity contribution in [2.24, 2.45) is 5.92 Å². The van der Waals surface area contributed by atoms with Gasteiger partial charge in [0.2, 0.25) is 5.91 Å². The molecular weight excluding hydrogens is 319 g/mol. The van der Waals surface area contributed by atoms with Crippen LogP contribution in [0, 0.1) is 5.92 Å². The van der Waals surface area contributed by atoms with E-state index in [2.05, 4.69) is 10.6 Å². The predicted molar refractivity (Wildman–Crippen MR) is 89.0 cm³/mol. The summed E-state index contributed by atoms with van der Waals surface area (Å²) in [5, 5.41) is 5.95. The molecule has 0 unspecified atom stereocenters. The van der Waals surface area contributed by atoms with Crippen molar-refractivity contribution < 1.29 is 18.0 Å². The molecule has 0 aromatic heterocycles. The van der Waals surface area contributed by atoms with Gasteiger partial charge in [-0.05, 0) is 57.6 Å². The Morgan fingerprint density at radius 2 is 1.79 bits per heavy atom. The highest BCUT2D eigenvalue weighted by Crippen LogP contribution is 2.38. The molecule has 0 heterocycles. The lowest BCUT2D eigenvalue weighted by Gasteiger charge is -2.31. The Balaban J connectivity index is 1.88. The lowest BCUT2D eigenvalue weighted by Crippen LogP contribution is -2.34. The van der Waals surface area contributed by atoms with Crippen LogP contribution in [0.15, 0.2) is 24.3 Å². The first-order chi connectivity index (χ1) is 11.2. The first-order valence-corrected chi connectivity index (χ1v) is 8.12. The second-order valence-corrected chi connectivity index (χ2v) is 6.61. The minimum atomic E-state index is -4.11. The van der Waals surface area contributed by atoms with Crippen molar-refractivity contribution in [2.75, 3.05) is 31.3 Å². The number of halogens is 3. The molecule has 7 heteroatoms. The number of carbonyl (C=O) groups excluding carboxylic acids is 1. The molecule has 0 spiro atoms. The van der Waals surface area contributed by atoms with Crippen LogP contribution in [0.4, 0.5) is 24.5 Å². The summed E-state index contributed by atoms with van der Waals surface area (Å²) in [6, 6.07) is 6.89. The summed E-state index contributed by atoms with van der Waals surface area (Å²) in [5.74, 6) is -1.32. The van der Waals surface area contributed by atoms with Crippen LogP contribution < -0.4 is 10.6 Å². The van der Waals surface area contributed by atoms with Gasteiger partial charge in [0.05, 0.1) is 12.5 Å². The molecule has 24 heavy (non-hydrogen) atoms. The van der Waals surface area contributed by atoms with Gasteiger partial charge in [0.1, 0.15) is 0 Å². The smallest absolute Gasteiger partial charge is 0.382 e. The first kappa shape index (κ1) is 18.6. The van der Waals surface area contributed by atoms with E-state index < -0.39 is 12.1 Å². The zero-order valence-electron chi connectivity index (χ0n) is 14.0. The molecule has 1 aromatic carbocycles. The number of carbonyl (C=O) groups is 1. The van der Waals surface area contributed by atoms with Crippen LogP contribution in [0.2, 0.25) is 0 Å². The van der Waals surface area contributed by atoms with E-state index in [0.29, 0.717) is 18.7 Å². The summed E-state index contributed by atoms with van der Waals surface area (Å²) in [7, 11) is 3.62. The van der Waals surface area contributed by atoms with Crippen LogP contribution >= 0.6 is 0 Å². The van der Waals surface area contributed by atoms with E-state index in [1.54, 1.807) is 29.2 Å². The van der Waals surface area contributed by atoms with Gasteiger partial charge in [0, 0.05) is 17.4 Å². The number of benzene rings is 1.